The van der Waals surface area contributed by atoms with Crippen LogP contribution in [0.3, 0.4) is 0 Å². The zero-order chi connectivity index (χ0) is 12.4. The summed E-state index contributed by atoms with van der Waals surface area (Å²) >= 11 is 1.93. The smallest absolute Gasteiger partial charge is 0.0247 e. The zero-order valence-electron chi connectivity index (χ0n) is 11.3. The SMILES string of the molecule is CC(CCCNC1CC1)N1CCc2sccc2C1. The van der Waals surface area contributed by atoms with Gasteiger partial charge in [0.1, 0.15) is 0 Å². The van der Waals surface area contributed by atoms with Crippen LogP contribution in [-0.4, -0.2) is 30.1 Å². The Bertz CT molecular complexity index is 384. The first-order valence-electron chi connectivity index (χ1n) is 7.35. The molecule has 3 rings (SSSR count). The van der Waals surface area contributed by atoms with Crippen molar-refractivity contribution in [2.24, 2.45) is 0 Å². The Morgan fingerprint density at radius 2 is 2.39 bits per heavy atom. The normalized spacial score (nSPS) is 21.8. The molecule has 0 spiro atoms. The Morgan fingerprint density at radius 3 is 3.22 bits per heavy atom. The Kier molecular flexibility index (Phi) is 4.02. The Labute approximate surface area is 114 Å². The highest BCUT2D eigenvalue weighted by molar-refractivity contribution is 7.10. The molecule has 1 aliphatic heterocycles. The fraction of sp³-hybridized carbons (Fsp3) is 0.733. The molecule has 1 N–H and O–H groups in total. The molecule has 0 saturated heterocycles. The molecule has 0 bridgehead atoms. The topological polar surface area (TPSA) is 15.3 Å². The average molecular weight is 264 g/mol. The third kappa shape index (κ3) is 3.14. The van der Waals surface area contributed by atoms with Crippen LogP contribution in [0.25, 0.3) is 0 Å². The molecule has 2 heterocycles. The summed E-state index contributed by atoms with van der Waals surface area (Å²) in [6.07, 6.45) is 6.73. The van der Waals surface area contributed by atoms with Crippen LogP contribution in [0.1, 0.15) is 43.0 Å². The van der Waals surface area contributed by atoms with Gasteiger partial charge >= 0.3 is 0 Å². The largest absolute Gasteiger partial charge is 0.314 e. The number of fused-ring (bicyclic) bond motifs is 1. The van der Waals surface area contributed by atoms with Gasteiger partial charge in [-0.15, -0.1) is 11.3 Å². The van der Waals surface area contributed by atoms with Crippen LogP contribution in [0.5, 0.6) is 0 Å². The van der Waals surface area contributed by atoms with Crippen molar-refractivity contribution < 1.29 is 0 Å². The van der Waals surface area contributed by atoms with Gasteiger partial charge < -0.3 is 5.32 Å². The molecule has 3 heteroatoms. The molecule has 0 amide bonds. The molecule has 1 aromatic heterocycles. The minimum atomic E-state index is 0.735. The quantitative estimate of drug-likeness (QED) is 0.795. The van der Waals surface area contributed by atoms with Crippen LogP contribution < -0.4 is 5.32 Å². The van der Waals surface area contributed by atoms with E-state index in [1.807, 2.05) is 11.3 Å². The standard InChI is InChI=1S/C15H24N2S/c1-12(3-2-8-16-14-4-5-14)17-9-6-15-13(11-17)7-10-18-15/h7,10,12,14,16H,2-6,8-9,11H2,1H3. The minimum Gasteiger partial charge on any atom is -0.314 e. The average Bonchev–Trinajstić information content (AvgIpc) is 3.09. The van der Waals surface area contributed by atoms with Crippen molar-refractivity contribution in [3.8, 4) is 0 Å². The molecule has 1 aliphatic carbocycles. The van der Waals surface area contributed by atoms with Gasteiger partial charge in [0.15, 0.2) is 0 Å². The Morgan fingerprint density at radius 1 is 1.50 bits per heavy atom. The van der Waals surface area contributed by atoms with E-state index in [2.05, 4.69) is 28.6 Å². The van der Waals surface area contributed by atoms with Crippen molar-refractivity contribution >= 4 is 11.3 Å². The second kappa shape index (κ2) is 5.72. The van der Waals surface area contributed by atoms with E-state index >= 15 is 0 Å². The molecule has 18 heavy (non-hydrogen) atoms. The van der Waals surface area contributed by atoms with Gasteiger partial charge in [0.05, 0.1) is 0 Å². The Balaban J connectivity index is 1.40. The van der Waals surface area contributed by atoms with Crippen LogP contribution >= 0.6 is 11.3 Å². The van der Waals surface area contributed by atoms with Crippen LogP contribution in [0, 0.1) is 0 Å². The van der Waals surface area contributed by atoms with E-state index in [1.165, 1.54) is 51.7 Å². The molecule has 0 radical (unpaired) electrons. The van der Waals surface area contributed by atoms with Crippen LogP contribution in [0.4, 0.5) is 0 Å². The van der Waals surface area contributed by atoms with Crippen LogP contribution in [-0.2, 0) is 13.0 Å². The molecule has 2 aliphatic rings. The first kappa shape index (κ1) is 12.6. The highest BCUT2D eigenvalue weighted by Gasteiger charge is 2.22. The molecule has 2 nitrogen and oxygen atoms in total. The molecule has 0 aromatic carbocycles. The van der Waals surface area contributed by atoms with Crippen molar-refractivity contribution in [3.63, 3.8) is 0 Å². The van der Waals surface area contributed by atoms with Gasteiger partial charge in [0.25, 0.3) is 0 Å². The van der Waals surface area contributed by atoms with Gasteiger partial charge in [0.2, 0.25) is 0 Å². The van der Waals surface area contributed by atoms with Crippen molar-refractivity contribution in [2.75, 3.05) is 13.1 Å². The van der Waals surface area contributed by atoms with E-state index in [0.29, 0.717) is 0 Å². The Hall–Kier alpha value is -0.380. The van der Waals surface area contributed by atoms with Gasteiger partial charge in [0, 0.05) is 30.1 Å². The second-order valence-corrected chi connectivity index (χ2v) is 6.81. The first-order chi connectivity index (χ1) is 8.83. The summed E-state index contributed by atoms with van der Waals surface area (Å²) < 4.78 is 0. The van der Waals surface area contributed by atoms with Gasteiger partial charge in [-0.2, -0.15) is 0 Å². The minimum absolute atomic E-state index is 0.735. The predicted molar refractivity (Wildman–Crippen MR) is 78.2 cm³/mol. The summed E-state index contributed by atoms with van der Waals surface area (Å²) in [6, 6.07) is 3.91. The highest BCUT2D eigenvalue weighted by atomic mass is 32.1. The fourth-order valence-electron chi connectivity index (χ4n) is 2.82. The summed E-state index contributed by atoms with van der Waals surface area (Å²) in [5.41, 5.74) is 1.58. The highest BCUT2D eigenvalue weighted by Crippen LogP contribution is 2.26. The number of thiophene rings is 1. The number of hydrogen-bond acceptors (Lipinski definition) is 3. The third-order valence-corrected chi connectivity index (χ3v) is 5.29. The molecular weight excluding hydrogens is 240 g/mol. The molecular formula is C15H24N2S. The molecule has 1 fully saturated rings. The lowest BCUT2D eigenvalue weighted by molar-refractivity contribution is 0.181. The van der Waals surface area contributed by atoms with Crippen molar-refractivity contribution in [2.45, 2.75) is 57.7 Å². The predicted octanol–water partition coefficient (Wildman–Crippen LogP) is 3.03. The zero-order valence-corrected chi connectivity index (χ0v) is 12.1. The molecule has 1 atom stereocenters. The lowest BCUT2D eigenvalue weighted by Gasteiger charge is -2.32. The first-order valence-corrected chi connectivity index (χ1v) is 8.23. The van der Waals surface area contributed by atoms with E-state index in [0.717, 1.165) is 12.1 Å². The van der Waals surface area contributed by atoms with E-state index in [9.17, 15) is 0 Å². The molecule has 100 valence electrons. The van der Waals surface area contributed by atoms with Crippen LogP contribution in [0.2, 0.25) is 0 Å². The second-order valence-electron chi connectivity index (χ2n) is 5.81. The summed E-state index contributed by atoms with van der Waals surface area (Å²) in [4.78, 5) is 4.28. The number of nitrogens with one attached hydrogen (secondary N) is 1. The third-order valence-electron chi connectivity index (χ3n) is 4.27. The summed E-state index contributed by atoms with van der Waals surface area (Å²) in [6.45, 7) is 6.04. The van der Waals surface area contributed by atoms with E-state index in [1.54, 1.807) is 10.4 Å². The number of nitrogens with zero attached hydrogens (tertiary/aromatic N) is 1. The summed E-state index contributed by atoms with van der Waals surface area (Å²) in [7, 11) is 0. The fourth-order valence-corrected chi connectivity index (χ4v) is 3.71. The number of hydrogen-bond donors (Lipinski definition) is 1. The van der Waals surface area contributed by atoms with Crippen LogP contribution in [0.15, 0.2) is 11.4 Å². The maximum Gasteiger partial charge on any atom is 0.0247 e. The lowest BCUT2D eigenvalue weighted by Crippen LogP contribution is -2.37. The van der Waals surface area contributed by atoms with E-state index in [4.69, 9.17) is 0 Å². The van der Waals surface area contributed by atoms with Crippen molar-refractivity contribution in [3.05, 3.63) is 21.9 Å². The maximum absolute atomic E-state index is 3.61. The summed E-state index contributed by atoms with van der Waals surface area (Å²) in [5, 5.41) is 5.86. The molecule has 1 saturated carbocycles. The van der Waals surface area contributed by atoms with E-state index in [-0.39, 0.29) is 0 Å². The van der Waals surface area contributed by atoms with Crippen molar-refractivity contribution in [1.82, 2.24) is 10.2 Å². The van der Waals surface area contributed by atoms with Crippen molar-refractivity contribution in [1.29, 1.82) is 0 Å². The van der Waals surface area contributed by atoms with Gasteiger partial charge in [-0.25, -0.2) is 0 Å². The maximum atomic E-state index is 3.61. The lowest BCUT2D eigenvalue weighted by atomic mass is 10.1. The van der Waals surface area contributed by atoms with Gasteiger partial charge in [-0.1, -0.05) is 0 Å². The molecule has 1 aromatic rings. The van der Waals surface area contributed by atoms with Gasteiger partial charge in [-0.3, -0.25) is 4.90 Å². The molecule has 1 unspecified atom stereocenters. The van der Waals surface area contributed by atoms with Gasteiger partial charge in [-0.05, 0) is 62.6 Å². The summed E-state index contributed by atoms with van der Waals surface area (Å²) in [5.74, 6) is 0. The van der Waals surface area contributed by atoms with E-state index < -0.39 is 0 Å². The monoisotopic (exact) mass is 264 g/mol. The number of rotatable bonds is 6.